The standard InChI is InChI=1S/C22H26ClN3O2S.C22H27N3O3.C20H23N3O3/c1-22(2,3)28-21(27)25-11-8-15(9-12-25)18-14-26(13-16-6-7-19(23)29-16)20-17(18)5-4-10-24-20;1-22(2,3)28-21(26)24-10-6-17(7-11-24)19-14-25(13-16-8-12-27-15-16)20-18(19)5-4-9-23-20;1-2-26-20(24)22-9-5-16(6-10-22)18-13-23(12-15-7-11-25-14-15)19-17(18)4-3-8-21-19/h4-7,10,14-15H,8-9,11-13H2,1-3H3;4-5,8-9,12,14-15,17H,6-7,10-11,13H2,1-3H3;3-4,7-8,11,13-14,16H,2,5-6,9-10,12H2,1H3. The second kappa shape index (κ2) is 25.9. The average Bonchev–Trinajstić information content (AvgIpc) is 4.46. The fourth-order valence-corrected chi connectivity index (χ4v) is 12.6. The van der Waals surface area contributed by atoms with Crippen molar-refractivity contribution in [2.45, 2.75) is 136 Å². The number of hydrogen-bond acceptors (Lipinski definition) is 12. The molecule has 0 unspecified atom stereocenters. The van der Waals surface area contributed by atoms with Crippen molar-refractivity contribution in [3.05, 3.63) is 160 Å². The molecule has 0 spiro atoms. The van der Waals surface area contributed by atoms with E-state index < -0.39 is 11.2 Å². The number of pyridine rings is 3. The molecule has 0 aromatic carbocycles. The molecular weight excluding hydrogens is 1090 g/mol. The number of halogens is 1. The summed E-state index contributed by atoms with van der Waals surface area (Å²) >= 11 is 7.70. The van der Waals surface area contributed by atoms with Crippen LogP contribution in [0, 0.1) is 0 Å². The molecule has 3 amide bonds. The molecule has 3 aliphatic rings. The van der Waals surface area contributed by atoms with Gasteiger partial charge in [0.25, 0.3) is 0 Å². The largest absolute Gasteiger partial charge is 0.472 e. The van der Waals surface area contributed by atoms with Crippen molar-refractivity contribution in [2.24, 2.45) is 0 Å². The van der Waals surface area contributed by atoms with E-state index >= 15 is 0 Å². The van der Waals surface area contributed by atoms with E-state index in [9.17, 15) is 14.4 Å². The maximum absolute atomic E-state index is 12.4. The Morgan fingerprint density at radius 3 is 1.24 bits per heavy atom. The highest BCUT2D eigenvalue weighted by atomic mass is 35.5. The van der Waals surface area contributed by atoms with Crippen LogP contribution < -0.4 is 0 Å². The molecule has 9 aromatic heterocycles. The maximum Gasteiger partial charge on any atom is 0.410 e. The number of rotatable bonds is 10. The summed E-state index contributed by atoms with van der Waals surface area (Å²) in [6.07, 6.45) is 24.1. The minimum absolute atomic E-state index is 0.199. The molecule has 19 heteroatoms. The quantitative estimate of drug-likeness (QED) is 0.119. The minimum atomic E-state index is -0.461. The van der Waals surface area contributed by atoms with E-state index in [1.165, 1.54) is 37.7 Å². The third kappa shape index (κ3) is 14.6. The summed E-state index contributed by atoms with van der Waals surface area (Å²) in [5.74, 6) is 1.25. The summed E-state index contributed by atoms with van der Waals surface area (Å²) in [6, 6.07) is 20.4. The molecule has 3 saturated heterocycles. The zero-order chi connectivity index (χ0) is 58.3. The van der Waals surface area contributed by atoms with Crippen LogP contribution in [0.1, 0.15) is 137 Å². The smallest absolute Gasteiger partial charge is 0.410 e. The lowest BCUT2D eigenvalue weighted by molar-refractivity contribution is 0.0194. The van der Waals surface area contributed by atoms with Gasteiger partial charge in [0.1, 0.15) is 28.1 Å². The Hall–Kier alpha value is -7.57. The summed E-state index contributed by atoms with van der Waals surface area (Å²) in [4.78, 5) is 57.1. The van der Waals surface area contributed by atoms with Crippen molar-refractivity contribution in [2.75, 3.05) is 45.9 Å². The zero-order valence-electron chi connectivity index (χ0n) is 48.7. The van der Waals surface area contributed by atoms with Crippen LogP contribution in [-0.4, -0.2) is 119 Å². The number of likely N-dealkylation sites (tertiary alicyclic amines) is 3. The number of aromatic nitrogens is 6. The van der Waals surface area contributed by atoms with Crippen LogP contribution in [-0.2, 0) is 33.8 Å². The van der Waals surface area contributed by atoms with Gasteiger partial charge in [-0.1, -0.05) is 11.6 Å². The molecule has 3 aliphatic heterocycles. The van der Waals surface area contributed by atoms with Crippen molar-refractivity contribution in [3.8, 4) is 0 Å². The van der Waals surface area contributed by atoms with E-state index in [1.54, 1.807) is 36.4 Å². The Labute approximate surface area is 494 Å². The average molecular weight is 1170 g/mol. The van der Waals surface area contributed by atoms with E-state index in [0.29, 0.717) is 50.5 Å². The van der Waals surface area contributed by atoms with Gasteiger partial charge >= 0.3 is 18.3 Å². The van der Waals surface area contributed by atoms with Gasteiger partial charge in [-0.15, -0.1) is 11.3 Å². The fourth-order valence-electron chi connectivity index (χ4n) is 11.5. The highest BCUT2D eigenvalue weighted by molar-refractivity contribution is 7.16. The van der Waals surface area contributed by atoms with Crippen LogP contribution in [0.5, 0.6) is 0 Å². The van der Waals surface area contributed by atoms with Crippen LogP contribution in [0.15, 0.2) is 132 Å². The molecule has 0 bridgehead atoms. The molecule has 3 fully saturated rings. The van der Waals surface area contributed by atoms with Gasteiger partial charge in [0.2, 0.25) is 0 Å². The predicted octanol–water partition coefficient (Wildman–Crippen LogP) is 14.7. The minimum Gasteiger partial charge on any atom is -0.472 e. The summed E-state index contributed by atoms with van der Waals surface area (Å²) in [5, 5.41) is 3.60. The lowest BCUT2D eigenvalue weighted by atomic mass is 9.90. The Bertz CT molecular complexity index is 3580. The van der Waals surface area contributed by atoms with E-state index in [2.05, 4.69) is 71.5 Å². The second-order valence-corrected chi connectivity index (χ2v) is 25.5. The molecule has 0 aliphatic carbocycles. The highest BCUT2D eigenvalue weighted by Gasteiger charge is 2.32. The van der Waals surface area contributed by atoms with Gasteiger partial charge < -0.3 is 51.4 Å². The molecule has 12 rings (SSSR count). The normalized spacial score (nSPS) is 15.7. The first-order chi connectivity index (χ1) is 40.0. The van der Waals surface area contributed by atoms with Crippen LogP contribution >= 0.6 is 22.9 Å². The first kappa shape index (κ1) is 58.6. The van der Waals surface area contributed by atoms with Crippen molar-refractivity contribution in [1.82, 2.24) is 43.4 Å². The zero-order valence-corrected chi connectivity index (χ0v) is 50.2. The number of nitrogens with zero attached hydrogens (tertiary/aromatic N) is 9. The van der Waals surface area contributed by atoms with Crippen molar-refractivity contribution >= 4 is 74.3 Å². The number of furan rings is 2. The first-order valence-corrected chi connectivity index (χ1v) is 30.1. The van der Waals surface area contributed by atoms with Crippen LogP contribution in [0.25, 0.3) is 33.1 Å². The lowest BCUT2D eigenvalue weighted by Crippen LogP contribution is -2.41. The van der Waals surface area contributed by atoms with Crippen LogP contribution in [0.2, 0.25) is 4.34 Å². The topological polar surface area (TPSA) is 168 Å². The molecule has 438 valence electrons. The van der Waals surface area contributed by atoms with E-state index in [-0.39, 0.29) is 18.3 Å². The van der Waals surface area contributed by atoms with E-state index in [1.807, 2.05) is 118 Å². The fraction of sp³-hybridized carbons (Fsp3) is 0.438. The Morgan fingerprint density at radius 1 is 0.542 bits per heavy atom. The summed E-state index contributed by atoms with van der Waals surface area (Å²) in [6.45, 7) is 20.3. The molecule has 0 radical (unpaired) electrons. The molecule has 83 heavy (non-hydrogen) atoms. The van der Waals surface area contributed by atoms with Gasteiger partial charge in [0.05, 0.1) is 55.6 Å². The molecule has 12 heterocycles. The first-order valence-electron chi connectivity index (χ1n) is 28.9. The second-order valence-electron chi connectivity index (χ2n) is 23.7. The molecule has 9 aromatic rings. The molecule has 17 nitrogen and oxygen atoms in total. The number of amides is 3. The van der Waals surface area contributed by atoms with Crippen LogP contribution in [0.3, 0.4) is 0 Å². The number of carbonyl (C=O) groups is 3. The number of ether oxygens (including phenoxy) is 3. The Balaban J connectivity index is 0.000000139. The van der Waals surface area contributed by atoms with Crippen molar-refractivity contribution in [1.29, 1.82) is 0 Å². The number of thiophene rings is 1. The van der Waals surface area contributed by atoms with Gasteiger partial charge in [0.15, 0.2) is 0 Å². The van der Waals surface area contributed by atoms with Gasteiger partial charge in [-0.3, -0.25) is 0 Å². The summed E-state index contributed by atoms with van der Waals surface area (Å²) < 4.78 is 34.0. The summed E-state index contributed by atoms with van der Waals surface area (Å²) in [5.41, 5.74) is 8.27. The van der Waals surface area contributed by atoms with Gasteiger partial charge in [-0.2, -0.15) is 0 Å². The number of piperidine rings is 3. The predicted molar refractivity (Wildman–Crippen MR) is 323 cm³/mol. The highest BCUT2D eigenvalue weighted by Crippen LogP contribution is 2.38. The lowest BCUT2D eigenvalue weighted by Gasteiger charge is -2.33. The number of carbonyl (C=O) groups excluding carboxylic acids is 3. The summed E-state index contributed by atoms with van der Waals surface area (Å²) in [7, 11) is 0. The van der Waals surface area contributed by atoms with Crippen LogP contribution in [0.4, 0.5) is 14.4 Å². The molecule has 0 atom stereocenters. The van der Waals surface area contributed by atoms with Gasteiger partial charge in [-0.05, 0) is 182 Å². The van der Waals surface area contributed by atoms with Crippen molar-refractivity contribution in [3.63, 3.8) is 0 Å². The third-order valence-corrected chi connectivity index (χ3v) is 16.7. The monoisotopic (exact) mass is 1170 g/mol. The molecule has 0 N–H and O–H groups in total. The van der Waals surface area contributed by atoms with Gasteiger partial charge in [-0.25, -0.2) is 29.3 Å². The van der Waals surface area contributed by atoms with E-state index in [0.717, 1.165) is 104 Å². The Kier molecular flexibility index (Phi) is 18.3. The number of hydrogen-bond donors (Lipinski definition) is 0. The van der Waals surface area contributed by atoms with Gasteiger partial charge in [0, 0.05) is 109 Å². The SMILES string of the molecule is CC(C)(C)OC(=O)N1CCC(c2cn(Cc3ccc(Cl)s3)c3ncccc23)CC1.CC(C)(C)OC(=O)N1CCC(c2cn(Cc3ccoc3)c3ncccc23)CC1.CCOC(=O)N1CCC(c2cn(Cc3ccoc3)c3ncccc23)CC1. The van der Waals surface area contributed by atoms with E-state index in [4.69, 9.17) is 34.6 Å². The molecule has 0 saturated carbocycles. The maximum atomic E-state index is 12.4. The molecular formula is C64H76ClN9O8S. The Morgan fingerprint density at radius 2 is 0.916 bits per heavy atom. The number of fused-ring (bicyclic) bond motifs is 3. The third-order valence-electron chi connectivity index (χ3n) is 15.4. The van der Waals surface area contributed by atoms with Crippen molar-refractivity contribution < 1.29 is 37.4 Å².